The number of hydrogen-bond donors (Lipinski definition) is 2. The molecule has 3 nitrogen and oxygen atoms in total. The number of nitrogens with two attached hydrogens (primary N) is 1. The zero-order valence-corrected chi connectivity index (χ0v) is 9.93. The van der Waals surface area contributed by atoms with Crippen molar-refractivity contribution in [3.63, 3.8) is 0 Å². The number of halogens is 1. The fourth-order valence-corrected chi connectivity index (χ4v) is 2.46. The van der Waals surface area contributed by atoms with Crippen LogP contribution < -0.4 is 11.1 Å². The Labute approximate surface area is 97.2 Å². The van der Waals surface area contributed by atoms with Gasteiger partial charge in [-0.15, -0.1) is 0 Å². The van der Waals surface area contributed by atoms with Crippen LogP contribution in [0.1, 0.15) is 17.5 Å². The van der Waals surface area contributed by atoms with Crippen molar-refractivity contribution in [2.75, 3.05) is 11.9 Å². The summed E-state index contributed by atoms with van der Waals surface area (Å²) in [7, 11) is 0. The van der Waals surface area contributed by atoms with Crippen LogP contribution in [0.25, 0.3) is 0 Å². The summed E-state index contributed by atoms with van der Waals surface area (Å²) >= 11 is 3.47. The van der Waals surface area contributed by atoms with Crippen molar-refractivity contribution in [1.82, 2.24) is 0 Å². The van der Waals surface area contributed by atoms with Crippen LogP contribution in [0.3, 0.4) is 0 Å². The fraction of sp³-hybridized carbons (Fsp3) is 0.364. The zero-order valence-electron chi connectivity index (χ0n) is 8.35. The molecule has 0 saturated heterocycles. The van der Waals surface area contributed by atoms with E-state index < -0.39 is 0 Å². The maximum absolute atomic E-state index is 11.2. The number of hydrogen-bond acceptors (Lipinski definition) is 2. The van der Waals surface area contributed by atoms with Gasteiger partial charge < -0.3 is 11.1 Å². The number of anilines is 1. The van der Waals surface area contributed by atoms with Crippen LogP contribution >= 0.6 is 15.9 Å². The molecule has 15 heavy (non-hydrogen) atoms. The molecule has 1 aliphatic heterocycles. The zero-order chi connectivity index (χ0) is 10.8. The standard InChI is InChI=1S/C11H13BrN2O/c12-9-5-7(2-1-3-13)4-8-6-10(15)14-11(8)9/h4-5H,1-3,6,13H2,(H,14,15). The highest BCUT2D eigenvalue weighted by atomic mass is 79.9. The van der Waals surface area contributed by atoms with E-state index in [-0.39, 0.29) is 5.91 Å². The molecule has 0 atom stereocenters. The van der Waals surface area contributed by atoms with Crippen molar-refractivity contribution < 1.29 is 4.79 Å². The van der Waals surface area contributed by atoms with E-state index in [2.05, 4.69) is 33.4 Å². The second-order valence-electron chi connectivity index (χ2n) is 3.73. The lowest BCUT2D eigenvalue weighted by Gasteiger charge is -2.06. The van der Waals surface area contributed by atoms with E-state index in [4.69, 9.17) is 5.73 Å². The van der Waals surface area contributed by atoms with E-state index in [0.717, 1.165) is 28.6 Å². The maximum atomic E-state index is 11.2. The summed E-state index contributed by atoms with van der Waals surface area (Å²) in [5.41, 5.74) is 8.72. The molecular weight excluding hydrogens is 256 g/mol. The highest BCUT2D eigenvalue weighted by Gasteiger charge is 2.20. The Bertz CT molecular complexity index is 404. The van der Waals surface area contributed by atoms with Crippen LogP contribution in [0.5, 0.6) is 0 Å². The van der Waals surface area contributed by atoms with Crippen LogP contribution in [0, 0.1) is 0 Å². The Morgan fingerprint density at radius 3 is 3.00 bits per heavy atom. The first kappa shape index (κ1) is 10.6. The van der Waals surface area contributed by atoms with Crippen LogP contribution in [-0.4, -0.2) is 12.5 Å². The third-order valence-corrected chi connectivity index (χ3v) is 3.14. The molecule has 0 unspecified atom stereocenters. The van der Waals surface area contributed by atoms with Crippen molar-refractivity contribution in [1.29, 1.82) is 0 Å². The van der Waals surface area contributed by atoms with Crippen LogP contribution in [0.15, 0.2) is 16.6 Å². The van der Waals surface area contributed by atoms with Crippen LogP contribution in [-0.2, 0) is 17.6 Å². The van der Waals surface area contributed by atoms with Gasteiger partial charge in [-0.3, -0.25) is 4.79 Å². The van der Waals surface area contributed by atoms with E-state index in [1.54, 1.807) is 0 Å². The highest BCUT2D eigenvalue weighted by molar-refractivity contribution is 9.10. The molecule has 0 spiro atoms. The minimum Gasteiger partial charge on any atom is -0.330 e. The number of carbonyl (C=O) groups excluding carboxylic acids is 1. The second kappa shape index (κ2) is 4.33. The molecule has 4 heteroatoms. The van der Waals surface area contributed by atoms with E-state index in [1.165, 1.54) is 5.56 Å². The molecule has 0 saturated carbocycles. The van der Waals surface area contributed by atoms with Crippen molar-refractivity contribution >= 4 is 27.5 Å². The molecular formula is C11H13BrN2O. The number of carbonyl (C=O) groups is 1. The minimum absolute atomic E-state index is 0.0710. The Balaban J connectivity index is 2.27. The fourth-order valence-electron chi connectivity index (χ4n) is 1.81. The van der Waals surface area contributed by atoms with Gasteiger partial charge in [0.1, 0.15) is 0 Å². The number of rotatable bonds is 3. The van der Waals surface area contributed by atoms with Crippen molar-refractivity contribution in [2.45, 2.75) is 19.3 Å². The SMILES string of the molecule is NCCCc1cc(Br)c2c(c1)CC(=O)N2. The summed E-state index contributed by atoms with van der Waals surface area (Å²) in [4.78, 5) is 11.2. The van der Waals surface area contributed by atoms with E-state index in [1.807, 2.05) is 0 Å². The first-order valence-electron chi connectivity index (χ1n) is 5.02. The molecule has 1 aromatic carbocycles. The number of fused-ring (bicyclic) bond motifs is 1. The molecule has 1 heterocycles. The molecule has 0 fully saturated rings. The van der Waals surface area contributed by atoms with Gasteiger partial charge in [0.05, 0.1) is 12.1 Å². The topological polar surface area (TPSA) is 55.1 Å². The maximum Gasteiger partial charge on any atom is 0.228 e. The molecule has 0 aliphatic carbocycles. The van der Waals surface area contributed by atoms with Crippen LogP contribution in [0.2, 0.25) is 0 Å². The monoisotopic (exact) mass is 268 g/mol. The minimum atomic E-state index is 0.0710. The lowest BCUT2D eigenvalue weighted by Crippen LogP contribution is -2.03. The Morgan fingerprint density at radius 2 is 2.27 bits per heavy atom. The van der Waals surface area contributed by atoms with E-state index in [0.29, 0.717) is 13.0 Å². The number of benzene rings is 1. The lowest BCUT2D eigenvalue weighted by atomic mass is 10.0. The van der Waals surface area contributed by atoms with Crippen molar-refractivity contribution in [3.8, 4) is 0 Å². The Kier molecular flexibility index (Phi) is 3.07. The van der Waals surface area contributed by atoms with Gasteiger partial charge in [-0.1, -0.05) is 6.07 Å². The van der Waals surface area contributed by atoms with Gasteiger partial charge in [-0.05, 0) is 52.5 Å². The normalized spacial score (nSPS) is 13.9. The summed E-state index contributed by atoms with van der Waals surface area (Å²) in [6.07, 6.45) is 2.44. The number of aryl methyl sites for hydroxylation is 1. The third kappa shape index (κ3) is 2.21. The predicted molar refractivity (Wildman–Crippen MR) is 63.9 cm³/mol. The van der Waals surface area contributed by atoms with Crippen molar-refractivity contribution in [2.24, 2.45) is 5.73 Å². The summed E-state index contributed by atoms with van der Waals surface area (Å²) in [5.74, 6) is 0.0710. The van der Waals surface area contributed by atoms with E-state index >= 15 is 0 Å². The average Bonchev–Trinajstić information content (AvgIpc) is 2.56. The largest absolute Gasteiger partial charge is 0.330 e. The van der Waals surface area contributed by atoms with Gasteiger partial charge in [0.25, 0.3) is 0 Å². The molecule has 2 rings (SSSR count). The summed E-state index contributed by atoms with van der Waals surface area (Å²) in [5, 5.41) is 2.84. The Morgan fingerprint density at radius 1 is 1.47 bits per heavy atom. The summed E-state index contributed by atoms with van der Waals surface area (Å²) in [6, 6.07) is 4.15. The van der Waals surface area contributed by atoms with Crippen LogP contribution in [0.4, 0.5) is 5.69 Å². The van der Waals surface area contributed by atoms with Gasteiger partial charge in [-0.2, -0.15) is 0 Å². The predicted octanol–water partition coefficient (Wildman–Crippen LogP) is 1.83. The van der Waals surface area contributed by atoms with Gasteiger partial charge >= 0.3 is 0 Å². The smallest absolute Gasteiger partial charge is 0.228 e. The first-order chi connectivity index (χ1) is 7.20. The Hall–Kier alpha value is -0.870. The molecule has 1 aromatic rings. The second-order valence-corrected chi connectivity index (χ2v) is 4.58. The number of nitrogens with one attached hydrogen (secondary N) is 1. The summed E-state index contributed by atoms with van der Waals surface area (Å²) in [6.45, 7) is 0.700. The van der Waals surface area contributed by atoms with Gasteiger partial charge in [-0.25, -0.2) is 0 Å². The molecule has 1 aliphatic rings. The van der Waals surface area contributed by atoms with Gasteiger partial charge in [0.2, 0.25) is 5.91 Å². The first-order valence-corrected chi connectivity index (χ1v) is 5.81. The van der Waals surface area contributed by atoms with Crippen molar-refractivity contribution in [3.05, 3.63) is 27.7 Å². The highest BCUT2D eigenvalue weighted by Crippen LogP contribution is 2.32. The molecule has 0 bridgehead atoms. The van der Waals surface area contributed by atoms with Gasteiger partial charge in [0, 0.05) is 4.47 Å². The number of amides is 1. The molecule has 80 valence electrons. The molecule has 1 amide bonds. The van der Waals surface area contributed by atoms with E-state index in [9.17, 15) is 4.79 Å². The quantitative estimate of drug-likeness (QED) is 0.879. The lowest BCUT2D eigenvalue weighted by molar-refractivity contribution is -0.115. The van der Waals surface area contributed by atoms with Gasteiger partial charge in [0.15, 0.2) is 0 Å². The summed E-state index contributed by atoms with van der Waals surface area (Å²) < 4.78 is 0.970. The molecule has 0 radical (unpaired) electrons. The molecule has 3 N–H and O–H groups in total. The third-order valence-electron chi connectivity index (χ3n) is 2.52. The molecule has 0 aromatic heterocycles. The average molecular weight is 269 g/mol.